The maximum atomic E-state index is 12.1. The number of carbonyl (C=O) groups excluding carboxylic acids is 3. The number of nitrogens with one attached hydrogen (secondary N) is 3. The first-order valence-electron chi connectivity index (χ1n) is 9.64. The molecule has 8 heteroatoms. The third-order valence-corrected chi connectivity index (χ3v) is 4.42. The molecule has 0 unspecified atom stereocenters. The molecule has 2 aromatic carbocycles. The summed E-state index contributed by atoms with van der Waals surface area (Å²) in [6.07, 6.45) is 3.23. The second-order valence-corrected chi connectivity index (χ2v) is 7.17. The maximum Gasteiger partial charge on any atom is 0.329 e. The van der Waals surface area contributed by atoms with Gasteiger partial charge in [-0.1, -0.05) is 12.1 Å². The standard InChI is InChI=1S/C22H24N4O4/c1-14-3-4-15(2)19(11-14)25-20(27)13-30-18-9-5-16(6-10-18)12-23-26-22(29)21(28)24-17-7-8-17/h3-6,9-12,17H,7-8,13H2,1-2H3,(H,24,28)(H,25,27)(H,26,29)/b23-12-. The van der Waals surface area contributed by atoms with Crippen molar-refractivity contribution in [2.24, 2.45) is 5.10 Å². The van der Waals surface area contributed by atoms with E-state index < -0.39 is 11.8 Å². The van der Waals surface area contributed by atoms with Crippen LogP contribution in [0.3, 0.4) is 0 Å². The summed E-state index contributed by atoms with van der Waals surface area (Å²) in [5.74, 6) is -1.21. The Morgan fingerprint density at radius 2 is 1.80 bits per heavy atom. The molecule has 1 aliphatic rings. The van der Waals surface area contributed by atoms with Crippen molar-refractivity contribution in [2.75, 3.05) is 11.9 Å². The highest BCUT2D eigenvalue weighted by Crippen LogP contribution is 2.18. The van der Waals surface area contributed by atoms with Gasteiger partial charge in [-0.3, -0.25) is 14.4 Å². The lowest BCUT2D eigenvalue weighted by Gasteiger charge is -2.10. The number of benzene rings is 2. The molecule has 0 radical (unpaired) electrons. The van der Waals surface area contributed by atoms with E-state index in [1.54, 1.807) is 24.3 Å². The zero-order valence-electron chi connectivity index (χ0n) is 16.9. The molecular formula is C22H24N4O4. The SMILES string of the molecule is Cc1ccc(C)c(NC(=O)COc2ccc(/C=N\NC(=O)C(=O)NC3CC3)cc2)c1. The van der Waals surface area contributed by atoms with Crippen LogP contribution < -0.4 is 20.8 Å². The molecule has 0 saturated heterocycles. The summed E-state index contributed by atoms with van der Waals surface area (Å²) < 4.78 is 5.50. The highest BCUT2D eigenvalue weighted by atomic mass is 16.5. The number of aryl methyl sites for hydroxylation is 2. The zero-order valence-corrected chi connectivity index (χ0v) is 16.9. The van der Waals surface area contributed by atoms with E-state index in [0.29, 0.717) is 11.3 Å². The Hall–Kier alpha value is -3.68. The van der Waals surface area contributed by atoms with E-state index in [2.05, 4.69) is 21.2 Å². The summed E-state index contributed by atoms with van der Waals surface area (Å²) in [7, 11) is 0. The van der Waals surface area contributed by atoms with E-state index in [1.807, 2.05) is 32.0 Å². The molecule has 8 nitrogen and oxygen atoms in total. The van der Waals surface area contributed by atoms with Crippen LogP contribution in [0.2, 0.25) is 0 Å². The molecule has 1 saturated carbocycles. The number of hydrogen-bond acceptors (Lipinski definition) is 5. The Kier molecular flexibility index (Phi) is 6.79. The van der Waals surface area contributed by atoms with Crippen LogP contribution in [-0.2, 0) is 14.4 Å². The summed E-state index contributed by atoms with van der Waals surface area (Å²) in [5.41, 5.74) is 5.70. The topological polar surface area (TPSA) is 109 Å². The molecule has 1 aliphatic carbocycles. The number of hydrogen-bond donors (Lipinski definition) is 3. The van der Waals surface area contributed by atoms with E-state index in [-0.39, 0.29) is 18.6 Å². The van der Waals surface area contributed by atoms with E-state index in [1.165, 1.54) is 6.21 Å². The average Bonchev–Trinajstić information content (AvgIpc) is 3.54. The number of hydrazone groups is 1. The third kappa shape index (κ3) is 6.44. The molecule has 3 N–H and O–H groups in total. The summed E-state index contributed by atoms with van der Waals surface area (Å²) in [6.45, 7) is 3.77. The van der Waals surface area contributed by atoms with Gasteiger partial charge in [0.15, 0.2) is 6.61 Å². The van der Waals surface area contributed by atoms with Crippen molar-refractivity contribution in [1.29, 1.82) is 0 Å². The monoisotopic (exact) mass is 408 g/mol. The first kappa shape index (κ1) is 21.0. The van der Waals surface area contributed by atoms with Crippen LogP contribution in [0, 0.1) is 13.8 Å². The van der Waals surface area contributed by atoms with Crippen molar-refractivity contribution in [3.05, 3.63) is 59.2 Å². The molecule has 0 atom stereocenters. The van der Waals surface area contributed by atoms with Crippen molar-refractivity contribution in [1.82, 2.24) is 10.7 Å². The molecule has 0 aliphatic heterocycles. The van der Waals surface area contributed by atoms with Gasteiger partial charge in [-0.2, -0.15) is 5.10 Å². The first-order chi connectivity index (χ1) is 14.4. The van der Waals surface area contributed by atoms with Crippen LogP contribution in [0.25, 0.3) is 0 Å². The number of nitrogens with zero attached hydrogens (tertiary/aromatic N) is 1. The largest absolute Gasteiger partial charge is 0.484 e. The van der Waals surface area contributed by atoms with Gasteiger partial charge in [0.05, 0.1) is 6.21 Å². The van der Waals surface area contributed by atoms with E-state index in [0.717, 1.165) is 29.7 Å². The second-order valence-electron chi connectivity index (χ2n) is 7.17. The van der Waals surface area contributed by atoms with Gasteiger partial charge in [-0.05, 0) is 73.7 Å². The molecule has 30 heavy (non-hydrogen) atoms. The molecular weight excluding hydrogens is 384 g/mol. The number of carbonyl (C=O) groups is 3. The molecule has 2 aromatic rings. The Bertz CT molecular complexity index is 966. The normalized spacial score (nSPS) is 13.0. The molecule has 3 amide bonds. The predicted octanol–water partition coefficient (Wildman–Crippen LogP) is 2.05. The van der Waals surface area contributed by atoms with Crippen molar-refractivity contribution >= 4 is 29.6 Å². The Morgan fingerprint density at radius 1 is 1.07 bits per heavy atom. The van der Waals surface area contributed by atoms with Gasteiger partial charge in [-0.25, -0.2) is 5.43 Å². The number of ether oxygens (including phenoxy) is 1. The Morgan fingerprint density at radius 3 is 2.50 bits per heavy atom. The van der Waals surface area contributed by atoms with Crippen molar-refractivity contribution < 1.29 is 19.1 Å². The lowest BCUT2D eigenvalue weighted by molar-refractivity contribution is -0.139. The predicted molar refractivity (Wildman–Crippen MR) is 113 cm³/mol. The van der Waals surface area contributed by atoms with Gasteiger partial charge in [-0.15, -0.1) is 0 Å². The number of anilines is 1. The molecule has 3 rings (SSSR count). The van der Waals surface area contributed by atoms with Crippen LogP contribution in [0.15, 0.2) is 47.6 Å². The van der Waals surface area contributed by atoms with Crippen LogP contribution in [0.5, 0.6) is 5.75 Å². The van der Waals surface area contributed by atoms with E-state index in [4.69, 9.17) is 4.74 Å². The minimum absolute atomic E-state index is 0.114. The minimum Gasteiger partial charge on any atom is -0.484 e. The van der Waals surface area contributed by atoms with E-state index >= 15 is 0 Å². The lowest BCUT2D eigenvalue weighted by atomic mass is 10.1. The second kappa shape index (κ2) is 9.69. The summed E-state index contributed by atoms with van der Waals surface area (Å²) in [4.78, 5) is 35.2. The lowest BCUT2D eigenvalue weighted by Crippen LogP contribution is -2.38. The number of amides is 3. The highest BCUT2D eigenvalue weighted by Gasteiger charge is 2.26. The fraction of sp³-hybridized carbons (Fsp3) is 0.273. The molecule has 0 spiro atoms. The number of rotatable bonds is 7. The minimum atomic E-state index is -0.798. The van der Waals surface area contributed by atoms with Crippen molar-refractivity contribution in [2.45, 2.75) is 32.7 Å². The van der Waals surface area contributed by atoms with Gasteiger partial charge in [0.2, 0.25) is 0 Å². The van der Waals surface area contributed by atoms with Crippen LogP contribution in [0.4, 0.5) is 5.69 Å². The fourth-order valence-electron chi connectivity index (χ4n) is 2.55. The first-order valence-corrected chi connectivity index (χ1v) is 9.64. The van der Waals surface area contributed by atoms with Crippen molar-refractivity contribution in [3.8, 4) is 5.75 Å². The Labute approximate surface area is 174 Å². The summed E-state index contributed by atoms with van der Waals surface area (Å²) >= 11 is 0. The molecule has 0 heterocycles. The highest BCUT2D eigenvalue weighted by molar-refractivity contribution is 6.35. The smallest absolute Gasteiger partial charge is 0.329 e. The van der Waals surface area contributed by atoms with Crippen LogP contribution in [-0.4, -0.2) is 36.6 Å². The fourth-order valence-corrected chi connectivity index (χ4v) is 2.55. The quantitative estimate of drug-likeness (QED) is 0.370. The summed E-state index contributed by atoms with van der Waals surface area (Å²) in [6, 6.07) is 12.8. The van der Waals surface area contributed by atoms with E-state index in [9.17, 15) is 14.4 Å². The zero-order chi connectivity index (χ0) is 21.5. The van der Waals surface area contributed by atoms with Crippen LogP contribution in [0.1, 0.15) is 29.5 Å². The van der Waals surface area contributed by atoms with Gasteiger partial charge in [0, 0.05) is 11.7 Å². The van der Waals surface area contributed by atoms with Crippen molar-refractivity contribution in [3.63, 3.8) is 0 Å². The average molecular weight is 408 g/mol. The molecule has 1 fully saturated rings. The maximum absolute atomic E-state index is 12.1. The van der Waals surface area contributed by atoms with Gasteiger partial charge in [0.1, 0.15) is 5.75 Å². The third-order valence-electron chi connectivity index (χ3n) is 4.42. The molecule has 0 aromatic heterocycles. The Balaban J connectivity index is 1.43. The summed E-state index contributed by atoms with van der Waals surface area (Å²) in [5, 5.41) is 9.18. The van der Waals surface area contributed by atoms with Crippen LogP contribution >= 0.6 is 0 Å². The van der Waals surface area contributed by atoms with Gasteiger partial charge in [0.25, 0.3) is 5.91 Å². The molecule has 156 valence electrons. The van der Waals surface area contributed by atoms with Gasteiger partial charge >= 0.3 is 11.8 Å². The molecule has 0 bridgehead atoms. The van der Waals surface area contributed by atoms with Gasteiger partial charge < -0.3 is 15.4 Å².